The summed E-state index contributed by atoms with van der Waals surface area (Å²) in [7, 11) is -1.93. The minimum Gasteiger partial charge on any atom is -0.383 e. The Bertz CT molecular complexity index is 526. The van der Waals surface area contributed by atoms with Gasteiger partial charge >= 0.3 is 0 Å². The van der Waals surface area contributed by atoms with E-state index < -0.39 is 15.0 Å². The summed E-state index contributed by atoms with van der Waals surface area (Å²) >= 11 is 0. The van der Waals surface area contributed by atoms with Crippen LogP contribution in [0.1, 0.15) is 12.8 Å². The van der Waals surface area contributed by atoms with Gasteiger partial charge in [-0.25, -0.2) is 0 Å². The zero-order valence-corrected chi connectivity index (χ0v) is 13.0. The van der Waals surface area contributed by atoms with Gasteiger partial charge in [-0.05, 0) is 18.9 Å². The normalized spacial score (nSPS) is 15.3. The van der Waals surface area contributed by atoms with Crippen molar-refractivity contribution in [3.8, 4) is 0 Å². The molecule has 0 aliphatic heterocycles. The summed E-state index contributed by atoms with van der Waals surface area (Å²) in [6.45, 7) is 1.28. The molecular weight excluding hydrogens is 300 g/mol. The zero-order valence-electron chi connectivity index (χ0n) is 12.1. The highest BCUT2D eigenvalue weighted by atomic mass is 32.2. The Balaban J connectivity index is 2.72. The van der Waals surface area contributed by atoms with Gasteiger partial charge in [0.15, 0.2) is 0 Å². The molecule has 0 bridgehead atoms. The molecule has 21 heavy (non-hydrogen) atoms. The fraction of sp³-hybridized carbons (Fsp3) is 0.667. The highest BCUT2D eigenvalue weighted by Gasteiger charge is 2.18. The maximum Gasteiger partial charge on any atom is 0.267 e. The van der Waals surface area contributed by atoms with E-state index >= 15 is 0 Å². The van der Waals surface area contributed by atoms with Crippen LogP contribution in [0, 0.1) is 10.1 Å². The van der Waals surface area contributed by atoms with E-state index in [0.717, 1.165) is 12.0 Å². The first-order valence-corrected chi connectivity index (χ1v) is 8.28. The second kappa shape index (κ2) is 8.11. The third-order valence-electron chi connectivity index (χ3n) is 2.91. The average Bonchev–Trinajstić information content (AvgIpc) is 2.41. The van der Waals surface area contributed by atoms with Crippen molar-refractivity contribution in [3.05, 3.63) is 33.7 Å². The Morgan fingerprint density at radius 1 is 1.38 bits per heavy atom. The van der Waals surface area contributed by atoms with Gasteiger partial charge in [0.05, 0.1) is 24.4 Å². The first-order valence-electron chi connectivity index (χ1n) is 6.47. The van der Waals surface area contributed by atoms with E-state index in [0.29, 0.717) is 32.5 Å². The molecule has 0 radical (unpaired) electrons. The smallest absolute Gasteiger partial charge is 0.267 e. The summed E-state index contributed by atoms with van der Waals surface area (Å²) in [5.41, 5.74) is 0.848. The van der Waals surface area contributed by atoms with Crippen LogP contribution in [-0.2, 0) is 19.0 Å². The molecule has 9 heteroatoms. The number of nitro groups is 1. The Morgan fingerprint density at radius 3 is 2.62 bits per heavy atom. The molecule has 1 aliphatic rings. The molecule has 0 amide bonds. The van der Waals surface area contributed by atoms with Gasteiger partial charge in [0.25, 0.3) is 15.8 Å². The second-order valence-electron chi connectivity index (χ2n) is 4.57. The van der Waals surface area contributed by atoms with E-state index in [9.17, 15) is 18.5 Å². The topological polar surface area (TPSA) is 99.0 Å². The summed E-state index contributed by atoms with van der Waals surface area (Å²) in [6.07, 6.45) is 5.32. The molecule has 0 N–H and O–H groups in total. The van der Waals surface area contributed by atoms with E-state index in [-0.39, 0.29) is 12.3 Å². The van der Waals surface area contributed by atoms with Gasteiger partial charge in [-0.1, -0.05) is 0 Å². The fourth-order valence-corrected chi connectivity index (χ4v) is 2.32. The fourth-order valence-electron chi connectivity index (χ4n) is 1.95. The predicted molar refractivity (Wildman–Crippen MR) is 76.6 cm³/mol. The highest BCUT2D eigenvalue weighted by molar-refractivity contribution is 7.85. The lowest BCUT2D eigenvalue weighted by molar-refractivity contribution is -0.419. The SMILES string of the molecule is COCCN(CCOS(C)(=O)=O)C1=CC([N+](=O)[O-])=CCC1. The van der Waals surface area contributed by atoms with Crippen LogP contribution in [-0.4, -0.2) is 57.9 Å². The maximum absolute atomic E-state index is 11.0. The number of hydrogen-bond acceptors (Lipinski definition) is 7. The molecule has 0 fully saturated rings. The molecule has 1 aliphatic carbocycles. The maximum atomic E-state index is 11.0. The molecule has 0 unspecified atom stereocenters. The van der Waals surface area contributed by atoms with Gasteiger partial charge in [0.1, 0.15) is 0 Å². The van der Waals surface area contributed by atoms with Crippen molar-refractivity contribution in [1.29, 1.82) is 0 Å². The third-order valence-corrected chi connectivity index (χ3v) is 3.50. The molecule has 8 nitrogen and oxygen atoms in total. The second-order valence-corrected chi connectivity index (χ2v) is 6.21. The molecule has 0 aromatic rings. The number of methoxy groups -OCH3 is 1. The van der Waals surface area contributed by atoms with Crippen molar-refractivity contribution in [1.82, 2.24) is 4.90 Å². The lowest BCUT2D eigenvalue weighted by Crippen LogP contribution is -2.31. The Morgan fingerprint density at radius 2 is 2.05 bits per heavy atom. The zero-order chi connectivity index (χ0) is 15.9. The van der Waals surface area contributed by atoms with Crippen LogP contribution in [0.25, 0.3) is 0 Å². The van der Waals surface area contributed by atoms with Crippen molar-refractivity contribution < 1.29 is 22.3 Å². The Hall–Kier alpha value is -1.45. The Kier molecular flexibility index (Phi) is 6.79. The average molecular weight is 320 g/mol. The molecule has 0 saturated heterocycles. The van der Waals surface area contributed by atoms with Crippen LogP contribution < -0.4 is 0 Å². The van der Waals surface area contributed by atoms with Crippen LogP contribution in [0.15, 0.2) is 23.5 Å². The Labute approximate surface area is 124 Å². The van der Waals surface area contributed by atoms with Gasteiger partial charge < -0.3 is 9.64 Å². The van der Waals surface area contributed by atoms with E-state index in [4.69, 9.17) is 8.92 Å². The standard InChI is InChI=1S/C12H20N2O6S/c1-19-8-6-13(7-9-20-21(2,17)18)11-4-3-5-12(10-11)14(15)16/h5,10H,3-4,6-9H2,1-2H3. The van der Waals surface area contributed by atoms with Crippen molar-refractivity contribution in [2.24, 2.45) is 0 Å². The van der Waals surface area contributed by atoms with Crippen LogP contribution in [0.3, 0.4) is 0 Å². The minimum atomic E-state index is -3.49. The minimum absolute atomic E-state index is 0.00258. The molecule has 0 spiro atoms. The van der Waals surface area contributed by atoms with Crippen LogP contribution in [0.5, 0.6) is 0 Å². The number of hydrogen-bond donors (Lipinski definition) is 0. The summed E-state index contributed by atoms with van der Waals surface area (Å²) < 4.78 is 31.7. The predicted octanol–water partition coefficient (Wildman–Crippen LogP) is 0.749. The largest absolute Gasteiger partial charge is 0.383 e. The summed E-state index contributed by atoms with van der Waals surface area (Å²) in [4.78, 5) is 12.2. The molecule has 0 atom stereocenters. The molecule has 0 aromatic heterocycles. The molecular formula is C12H20N2O6S. The monoisotopic (exact) mass is 320 g/mol. The molecule has 1 rings (SSSR count). The summed E-state index contributed by atoms with van der Waals surface area (Å²) in [5.74, 6) is 0. The third kappa shape index (κ3) is 6.69. The lowest BCUT2D eigenvalue weighted by atomic mass is 10.1. The van der Waals surface area contributed by atoms with Crippen molar-refractivity contribution >= 4 is 10.1 Å². The molecule has 0 aromatic carbocycles. The molecule has 0 saturated carbocycles. The van der Waals surface area contributed by atoms with Gasteiger partial charge in [-0.3, -0.25) is 14.3 Å². The molecule has 0 heterocycles. The van der Waals surface area contributed by atoms with E-state index in [1.54, 1.807) is 13.2 Å². The van der Waals surface area contributed by atoms with Gasteiger partial charge in [0.2, 0.25) is 0 Å². The lowest BCUT2D eigenvalue weighted by Gasteiger charge is -2.27. The number of nitrogens with zero attached hydrogens (tertiary/aromatic N) is 2. The van der Waals surface area contributed by atoms with Crippen molar-refractivity contribution in [2.45, 2.75) is 12.8 Å². The molecule has 120 valence electrons. The van der Waals surface area contributed by atoms with Crippen LogP contribution >= 0.6 is 0 Å². The summed E-state index contributed by atoms with van der Waals surface area (Å²) in [6, 6.07) is 0. The van der Waals surface area contributed by atoms with Gasteiger partial charge in [-0.2, -0.15) is 8.42 Å². The number of allylic oxidation sites excluding steroid dienone is 3. The number of ether oxygens (including phenoxy) is 1. The van der Waals surface area contributed by atoms with Gasteiger partial charge in [0, 0.05) is 32.0 Å². The van der Waals surface area contributed by atoms with E-state index in [2.05, 4.69) is 0 Å². The van der Waals surface area contributed by atoms with Crippen LogP contribution in [0.4, 0.5) is 0 Å². The van der Waals surface area contributed by atoms with Crippen molar-refractivity contribution in [2.75, 3.05) is 39.7 Å². The first kappa shape index (κ1) is 17.6. The van der Waals surface area contributed by atoms with E-state index in [1.807, 2.05) is 4.90 Å². The highest BCUT2D eigenvalue weighted by Crippen LogP contribution is 2.21. The summed E-state index contributed by atoms with van der Waals surface area (Å²) in [5, 5.41) is 10.8. The quantitative estimate of drug-likeness (QED) is 0.351. The van der Waals surface area contributed by atoms with Crippen molar-refractivity contribution in [3.63, 3.8) is 0 Å². The van der Waals surface area contributed by atoms with Gasteiger partial charge in [-0.15, -0.1) is 0 Å². The van der Waals surface area contributed by atoms with Crippen LogP contribution in [0.2, 0.25) is 0 Å². The van der Waals surface area contributed by atoms with E-state index in [1.165, 1.54) is 6.08 Å². The first-order chi connectivity index (χ1) is 9.83. The number of rotatable bonds is 9.